The first-order valence-electron chi connectivity index (χ1n) is 10.3. The maximum absolute atomic E-state index is 13.1. The van der Waals surface area contributed by atoms with Gasteiger partial charge in [0.2, 0.25) is 0 Å². The number of benzene rings is 1. The van der Waals surface area contributed by atoms with Crippen LogP contribution in [0.2, 0.25) is 0 Å². The summed E-state index contributed by atoms with van der Waals surface area (Å²) in [6.07, 6.45) is 10.5. The molecule has 2 fully saturated rings. The average molecular weight is 380 g/mol. The SMILES string of the molecule is O=C(Nc1ccc(C2CCNN2)cc1)N(Cc1cccnc1)C1CCCCC1. The molecule has 1 aliphatic heterocycles. The van der Waals surface area contributed by atoms with Crippen molar-refractivity contribution in [2.75, 3.05) is 11.9 Å². The standard InChI is InChI=1S/C22H29N5O/c28-22(25-19-10-8-18(9-11-19)21-12-14-24-26-21)27(20-6-2-1-3-7-20)16-17-5-4-13-23-15-17/h4-5,8-11,13,15,20-21,24,26H,1-3,6-7,12,14,16H2,(H,25,28). The molecule has 148 valence electrons. The Labute approximate surface area is 166 Å². The van der Waals surface area contributed by atoms with E-state index in [1.165, 1.54) is 24.8 Å². The second-order valence-corrected chi connectivity index (χ2v) is 7.75. The van der Waals surface area contributed by atoms with Crippen LogP contribution < -0.4 is 16.2 Å². The zero-order chi connectivity index (χ0) is 19.2. The van der Waals surface area contributed by atoms with Crippen LogP contribution in [0.25, 0.3) is 0 Å². The van der Waals surface area contributed by atoms with Crippen LogP contribution in [0.5, 0.6) is 0 Å². The molecule has 0 radical (unpaired) electrons. The summed E-state index contributed by atoms with van der Waals surface area (Å²) in [7, 11) is 0. The Kier molecular flexibility index (Phi) is 6.19. The third-order valence-electron chi connectivity index (χ3n) is 5.75. The molecular formula is C22H29N5O. The molecule has 3 N–H and O–H groups in total. The van der Waals surface area contributed by atoms with E-state index in [-0.39, 0.29) is 6.03 Å². The van der Waals surface area contributed by atoms with Gasteiger partial charge in [-0.25, -0.2) is 4.79 Å². The van der Waals surface area contributed by atoms with Gasteiger partial charge in [0.25, 0.3) is 0 Å². The van der Waals surface area contributed by atoms with E-state index in [9.17, 15) is 4.79 Å². The maximum atomic E-state index is 13.1. The van der Waals surface area contributed by atoms with Crippen molar-refractivity contribution in [1.82, 2.24) is 20.7 Å². The fourth-order valence-electron chi connectivity index (χ4n) is 4.18. The highest BCUT2D eigenvalue weighted by Gasteiger charge is 2.26. The van der Waals surface area contributed by atoms with E-state index in [2.05, 4.69) is 33.3 Å². The van der Waals surface area contributed by atoms with E-state index in [1.54, 1.807) is 6.20 Å². The molecule has 6 heteroatoms. The second kappa shape index (κ2) is 9.17. The number of pyridine rings is 1. The molecule has 1 unspecified atom stereocenters. The van der Waals surface area contributed by atoms with Crippen molar-refractivity contribution >= 4 is 11.7 Å². The van der Waals surface area contributed by atoms with Gasteiger partial charge in [-0.3, -0.25) is 15.8 Å². The highest BCUT2D eigenvalue weighted by molar-refractivity contribution is 5.89. The van der Waals surface area contributed by atoms with Crippen molar-refractivity contribution in [3.8, 4) is 0 Å². The van der Waals surface area contributed by atoms with E-state index in [4.69, 9.17) is 0 Å². The summed E-state index contributed by atoms with van der Waals surface area (Å²) in [5.74, 6) is 0. The fourth-order valence-corrected chi connectivity index (χ4v) is 4.18. The number of hydrogen-bond acceptors (Lipinski definition) is 4. The summed E-state index contributed by atoms with van der Waals surface area (Å²) < 4.78 is 0. The number of rotatable bonds is 5. The Morgan fingerprint density at radius 3 is 2.61 bits per heavy atom. The van der Waals surface area contributed by atoms with Gasteiger partial charge in [-0.05, 0) is 48.6 Å². The van der Waals surface area contributed by atoms with Crippen LogP contribution in [-0.2, 0) is 6.54 Å². The number of hydrogen-bond donors (Lipinski definition) is 3. The van der Waals surface area contributed by atoms with Crippen LogP contribution in [-0.4, -0.2) is 28.5 Å². The summed E-state index contributed by atoms with van der Waals surface area (Å²) in [6, 6.07) is 12.7. The smallest absolute Gasteiger partial charge is 0.317 e. The Morgan fingerprint density at radius 2 is 1.93 bits per heavy atom. The summed E-state index contributed by atoms with van der Waals surface area (Å²) in [5.41, 5.74) is 9.58. The Morgan fingerprint density at radius 1 is 1.11 bits per heavy atom. The summed E-state index contributed by atoms with van der Waals surface area (Å²) in [5, 5.41) is 3.11. The first-order chi connectivity index (χ1) is 13.8. The van der Waals surface area contributed by atoms with Gasteiger partial charge in [0.05, 0.1) is 0 Å². The summed E-state index contributed by atoms with van der Waals surface area (Å²) in [6.45, 7) is 1.58. The Balaban J connectivity index is 1.45. The van der Waals surface area contributed by atoms with Crippen molar-refractivity contribution in [1.29, 1.82) is 0 Å². The number of aromatic nitrogens is 1. The highest BCUT2D eigenvalue weighted by atomic mass is 16.2. The zero-order valence-corrected chi connectivity index (χ0v) is 16.2. The van der Waals surface area contributed by atoms with Gasteiger partial charge in [-0.15, -0.1) is 0 Å². The quantitative estimate of drug-likeness (QED) is 0.735. The van der Waals surface area contributed by atoms with Crippen LogP contribution in [0.4, 0.5) is 10.5 Å². The number of carbonyl (C=O) groups is 1. The molecule has 28 heavy (non-hydrogen) atoms. The third kappa shape index (κ3) is 4.69. The van der Waals surface area contributed by atoms with Crippen molar-refractivity contribution in [2.24, 2.45) is 0 Å². The van der Waals surface area contributed by atoms with Crippen LogP contribution in [0.3, 0.4) is 0 Å². The topological polar surface area (TPSA) is 69.3 Å². The van der Waals surface area contributed by atoms with Crippen molar-refractivity contribution in [2.45, 2.75) is 57.2 Å². The monoisotopic (exact) mass is 379 g/mol. The van der Waals surface area contributed by atoms with Crippen LogP contribution >= 0.6 is 0 Å². The van der Waals surface area contributed by atoms with E-state index in [0.717, 1.165) is 37.1 Å². The van der Waals surface area contributed by atoms with Crippen molar-refractivity contribution < 1.29 is 4.79 Å². The lowest BCUT2D eigenvalue weighted by Gasteiger charge is -2.34. The minimum Gasteiger partial charge on any atom is -0.317 e. The number of nitrogens with one attached hydrogen (secondary N) is 3. The normalized spacial score (nSPS) is 20.1. The van der Waals surface area contributed by atoms with E-state index in [1.807, 2.05) is 35.4 Å². The van der Waals surface area contributed by atoms with E-state index < -0.39 is 0 Å². The first-order valence-corrected chi connectivity index (χ1v) is 10.3. The zero-order valence-electron chi connectivity index (χ0n) is 16.2. The minimum atomic E-state index is -0.0239. The van der Waals surface area contributed by atoms with Gasteiger partial charge >= 0.3 is 6.03 Å². The van der Waals surface area contributed by atoms with E-state index >= 15 is 0 Å². The van der Waals surface area contributed by atoms with Gasteiger partial charge in [-0.2, -0.15) is 0 Å². The molecule has 0 bridgehead atoms. The molecule has 6 nitrogen and oxygen atoms in total. The molecular weight excluding hydrogens is 350 g/mol. The van der Waals surface area contributed by atoms with Gasteiger partial charge < -0.3 is 10.2 Å². The minimum absolute atomic E-state index is 0.0239. The molecule has 1 aromatic heterocycles. The molecule has 4 rings (SSSR count). The molecule has 1 saturated heterocycles. The molecule has 1 saturated carbocycles. The summed E-state index contributed by atoms with van der Waals surface area (Å²) >= 11 is 0. The lowest BCUT2D eigenvalue weighted by Crippen LogP contribution is -2.43. The second-order valence-electron chi connectivity index (χ2n) is 7.75. The maximum Gasteiger partial charge on any atom is 0.322 e. The molecule has 1 aromatic carbocycles. The van der Waals surface area contributed by atoms with Crippen LogP contribution in [0.1, 0.15) is 55.7 Å². The summed E-state index contributed by atoms with van der Waals surface area (Å²) in [4.78, 5) is 19.3. The van der Waals surface area contributed by atoms with Crippen molar-refractivity contribution in [3.05, 3.63) is 59.9 Å². The van der Waals surface area contributed by atoms with Crippen LogP contribution in [0, 0.1) is 0 Å². The molecule has 2 aliphatic rings. The van der Waals surface area contributed by atoms with E-state index in [0.29, 0.717) is 18.6 Å². The number of nitrogens with zero attached hydrogens (tertiary/aromatic N) is 2. The Bertz CT molecular complexity index is 752. The number of hydrazine groups is 1. The molecule has 1 atom stereocenters. The highest BCUT2D eigenvalue weighted by Crippen LogP contribution is 2.25. The molecule has 1 aliphatic carbocycles. The van der Waals surface area contributed by atoms with Crippen LogP contribution in [0.15, 0.2) is 48.8 Å². The molecule has 2 aromatic rings. The number of amides is 2. The first kappa shape index (κ1) is 18.9. The lowest BCUT2D eigenvalue weighted by atomic mass is 9.94. The number of anilines is 1. The predicted octanol–water partition coefficient (Wildman–Crippen LogP) is 3.99. The lowest BCUT2D eigenvalue weighted by molar-refractivity contribution is 0.162. The molecule has 2 heterocycles. The largest absolute Gasteiger partial charge is 0.322 e. The fraction of sp³-hybridized carbons (Fsp3) is 0.455. The third-order valence-corrected chi connectivity index (χ3v) is 5.75. The average Bonchev–Trinajstić information content (AvgIpc) is 3.29. The molecule has 2 amide bonds. The number of carbonyl (C=O) groups excluding carboxylic acids is 1. The van der Waals surface area contributed by atoms with Gasteiger partial charge in [-0.1, -0.05) is 37.5 Å². The Hall–Kier alpha value is -2.44. The van der Waals surface area contributed by atoms with Gasteiger partial charge in [0.15, 0.2) is 0 Å². The molecule has 0 spiro atoms. The van der Waals surface area contributed by atoms with Gasteiger partial charge in [0, 0.05) is 43.3 Å². The number of urea groups is 1. The van der Waals surface area contributed by atoms with Gasteiger partial charge in [0.1, 0.15) is 0 Å². The van der Waals surface area contributed by atoms with Crippen molar-refractivity contribution in [3.63, 3.8) is 0 Å². The predicted molar refractivity (Wildman–Crippen MR) is 111 cm³/mol.